The molecule has 0 radical (unpaired) electrons. The summed E-state index contributed by atoms with van der Waals surface area (Å²) in [7, 11) is 0. The van der Waals surface area contributed by atoms with Crippen molar-refractivity contribution in [2.24, 2.45) is 5.84 Å². The van der Waals surface area contributed by atoms with Gasteiger partial charge in [-0.15, -0.1) is 0 Å². The van der Waals surface area contributed by atoms with Crippen LogP contribution < -0.4 is 11.3 Å². The van der Waals surface area contributed by atoms with Crippen molar-refractivity contribution in [1.29, 1.82) is 0 Å². The van der Waals surface area contributed by atoms with E-state index >= 15 is 0 Å². The molecule has 2 rings (SSSR count). The fourth-order valence-electron chi connectivity index (χ4n) is 2.03. The molecule has 19 heavy (non-hydrogen) atoms. The van der Waals surface area contributed by atoms with Crippen molar-refractivity contribution in [3.05, 3.63) is 58.5 Å². The molecule has 0 spiro atoms. The lowest BCUT2D eigenvalue weighted by Gasteiger charge is -2.14. The second-order valence-corrected chi connectivity index (χ2v) is 5.33. The van der Waals surface area contributed by atoms with Gasteiger partial charge in [0.2, 0.25) is 0 Å². The Bertz CT molecular complexity index is 519. The Labute approximate surface area is 118 Å². The fourth-order valence-corrected chi connectivity index (χ4v) is 2.18. The lowest BCUT2D eigenvalue weighted by atomic mass is 9.98. The van der Waals surface area contributed by atoms with Gasteiger partial charge >= 0.3 is 0 Å². The number of rotatable bonds is 5. The van der Waals surface area contributed by atoms with Crippen molar-refractivity contribution in [1.82, 2.24) is 5.43 Å². The van der Waals surface area contributed by atoms with Gasteiger partial charge in [0, 0.05) is 0 Å². The molecule has 2 aromatic rings. The van der Waals surface area contributed by atoms with Gasteiger partial charge in [-0.05, 0) is 47.2 Å². The van der Waals surface area contributed by atoms with E-state index in [2.05, 4.69) is 43.5 Å². The van der Waals surface area contributed by atoms with Crippen molar-refractivity contribution in [3.8, 4) is 0 Å². The van der Waals surface area contributed by atoms with Gasteiger partial charge in [0.1, 0.15) is 5.76 Å². The van der Waals surface area contributed by atoms with E-state index in [1.54, 1.807) is 6.07 Å². The van der Waals surface area contributed by atoms with Gasteiger partial charge in [-0.3, -0.25) is 5.84 Å². The normalized spacial score (nSPS) is 12.9. The molecule has 102 valence electrons. The maximum atomic E-state index is 5.78. The van der Waals surface area contributed by atoms with Gasteiger partial charge in [-0.1, -0.05) is 38.1 Å². The Kier molecular flexibility index (Phi) is 4.64. The van der Waals surface area contributed by atoms with Crippen LogP contribution in [0.1, 0.15) is 42.7 Å². The number of furan rings is 1. The molecule has 1 atom stereocenters. The summed E-state index contributed by atoms with van der Waals surface area (Å²) in [4.78, 5) is 0. The number of nitrogens with one attached hydrogen (secondary N) is 1. The standard InChI is InChI=1S/C15H19ClN2O/c1-10(2)12-5-3-11(4-6-12)9-13(18-17)14-7-8-15(16)19-14/h3-8,10,13,18H,9,17H2,1-2H3. The highest BCUT2D eigenvalue weighted by molar-refractivity contribution is 6.28. The van der Waals surface area contributed by atoms with Gasteiger partial charge in [-0.2, -0.15) is 0 Å². The topological polar surface area (TPSA) is 51.2 Å². The third kappa shape index (κ3) is 3.60. The number of halogens is 1. The Balaban J connectivity index is 2.10. The maximum Gasteiger partial charge on any atom is 0.193 e. The zero-order valence-electron chi connectivity index (χ0n) is 11.2. The van der Waals surface area contributed by atoms with E-state index < -0.39 is 0 Å². The first-order valence-electron chi connectivity index (χ1n) is 6.40. The first-order valence-corrected chi connectivity index (χ1v) is 6.78. The predicted octanol–water partition coefficient (Wildman–Crippen LogP) is 3.80. The molecular weight excluding hydrogens is 260 g/mol. The summed E-state index contributed by atoms with van der Waals surface area (Å²) in [6.07, 6.45) is 0.763. The molecule has 0 fully saturated rings. The summed E-state index contributed by atoms with van der Waals surface area (Å²) in [5.41, 5.74) is 5.31. The third-order valence-electron chi connectivity index (χ3n) is 3.22. The Morgan fingerprint density at radius 1 is 1.16 bits per heavy atom. The Hall–Kier alpha value is -1.29. The second-order valence-electron chi connectivity index (χ2n) is 4.96. The monoisotopic (exact) mass is 278 g/mol. The summed E-state index contributed by atoms with van der Waals surface area (Å²) in [6, 6.07) is 12.1. The lowest BCUT2D eigenvalue weighted by molar-refractivity contribution is 0.417. The molecule has 1 heterocycles. The van der Waals surface area contributed by atoms with Crippen LogP contribution in [0, 0.1) is 0 Å². The largest absolute Gasteiger partial charge is 0.448 e. The number of hydrogen-bond donors (Lipinski definition) is 2. The summed E-state index contributed by atoms with van der Waals surface area (Å²) in [5, 5.41) is 0.380. The molecule has 0 aliphatic heterocycles. The molecule has 0 aliphatic carbocycles. The van der Waals surface area contributed by atoms with E-state index in [1.807, 2.05) is 6.07 Å². The highest BCUT2D eigenvalue weighted by Crippen LogP contribution is 2.23. The minimum absolute atomic E-state index is 0.0719. The molecule has 1 aromatic heterocycles. The molecular formula is C15H19ClN2O. The number of hydrogen-bond acceptors (Lipinski definition) is 3. The maximum absolute atomic E-state index is 5.78. The summed E-state index contributed by atoms with van der Waals surface area (Å²) in [5.74, 6) is 6.88. The van der Waals surface area contributed by atoms with Crippen molar-refractivity contribution in [2.45, 2.75) is 32.2 Å². The quantitative estimate of drug-likeness (QED) is 0.646. The van der Waals surface area contributed by atoms with Crippen LogP contribution in [0.5, 0.6) is 0 Å². The van der Waals surface area contributed by atoms with Crippen LogP contribution in [0.3, 0.4) is 0 Å². The third-order valence-corrected chi connectivity index (χ3v) is 3.43. The molecule has 1 unspecified atom stereocenters. The smallest absolute Gasteiger partial charge is 0.193 e. The van der Waals surface area contributed by atoms with E-state index in [4.69, 9.17) is 21.9 Å². The van der Waals surface area contributed by atoms with E-state index in [9.17, 15) is 0 Å². The van der Waals surface area contributed by atoms with Crippen molar-refractivity contribution in [2.75, 3.05) is 0 Å². The van der Waals surface area contributed by atoms with E-state index in [0.717, 1.165) is 12.2 Å². The first-order chi connectivity index (χ1) is 9.10. The second kappa shape index (κ2) is 6.24. The lowest BCUT2D eigenvalue weighted by Crippen LogP contribution is -2.29. The van der Waals surface area contributed by atoms with Gasteiger partial charge in [0.05, 0.1) is 6.04 Å². The van der Waals surface area contributed by atoms with Crippen LogP contribution in [-0.2, 0) is 6.42 Å². The molecule has 3 N–H and O–H groups in total. The SMILES string of the molecule is CC(C)c1ccc(CC(NN)c2ccc(Cl)o2)cc1. The van der Waals surface area contributed by atoms with Crippen molar-refractivity contribution in [3.63, 3.8) is 0 Å². The molecule has 0 saturated carbocycles. The van der Waals surface area contributed by atoms with E-state index in [-0.39, 0.29) is 6.04 Å². The van der Waals surface area contributed by atoms with Crippen LogP contribution >= 0.6 is 11.6 Å². The summed E-state index contributed by atoms with van der Waals surface area (Å²) >= 11 is 5.78. The number of nitrogens with two attached hydrogens (primary N) is 1. The van der Waals surface area contributed by atoms with E-state index in [0.29, 0.717) is 11.1 Å². The van der Waals surface area contributed by atoms with Crippen LogP contribution in [0.25, 0.3) is 0 Å². The molecule has 0 bridgehead atoms. The van der Waals surface area contributed by atoms with Crippen LogP contribution in [0.15, 0.2) is 40.8 Å². The average molecular weight is 279 g/mol. The van der Waals surface area contributed by atoms with Gasteiger partial charge in [0.15, 0.2) is 5.22 Å². The van der Waals surface area contributed by atoms with E-state index in [1.165, 1.54) is 11.1 Å². The minimum Gasteiger partial charge on any atom is -0.448 e. The molecule has 0 aliphatic rings. The van der Waals surface area contributed by atoms with Gasteiger partial charge < -0.3 is 4.42 Å². The molecule has 0 saturated heterocycles. The summed E-state index contributed by atoms with van der Waals surface area (Å²) < 4.78 is 5.39. The highest BCUT2D eigenvalue weighted by atomic mass is 35.5. The molecule has 4 heteroatoms. The number of benzene rings is 1. The molecule has 0 amide bonds. The molecule has 1 aromatic carbocycles. The van der Waals surface area contributed by atoms with Crippen LogP contribution in [-0.4, -0.2) is 0 Å². The highest BCUT2D eigenvalue weighted by Gasteiger charge is 2.14. The van der Waals surface area contributed by atoms with Crippen molar-refractivity contribution < 1.29 is 4.42 Å². The molecule has 3 nitrogen and oxygen atoms in total. The van der Waals surface area contributed by atoms with Gasteiger partial charge in [-0.25, -0.2) is 5.43 Å². The number of hydrazine groups is 1. The Morgan fingerprint density at radius 2 is 1.84 bits per heavy atom. The average Bonchev–Trinajstić information content (AvgIpc) is 2.83. The summed E-state index contributed by atoms with van der Waals surface area (Å²) in [6.45, 7) is 4.37. The zero-order chi connectivity index (χ0) is 13.8. The van der Waals surface area contributed by atoms with Crippen molar-refractivity contribution >= 4 is 11.6 Å². The minimum atomic E-state index is -0.0719. The predicted molar refractivity (Wildman–Crippen MR) is 78.0 cm³/mol. The van der Waals surface area contributed by atoms with Crippen LogP contribution in [0.4, 0.5) is 0 Å². The first kappa shape index (κ1) is 14.1. The fraction of sp³-hybridized carbons (Fsp3) is 0.333. The zero-order valence-corrected chi connectivity index (χ0v) is 11.9. The Morgan fingerprint density at radius 3 is 2.32 bits per heavy atom. The van der Waals surface area contributed by atoms with Crippen LogP contribution in [0.2, 0.25) is 5.22 Å². The van der Waals surface area contributed by atoms with Gasteiger partial charge in [0.25, 0.3) is 0 Å².